The van der Waals surface area contributed by atoms with Gasteiger partial charge < -0.3 is 15.3 Å². The standard InChI is InChI=1S/C30H50O4/c1-25(2)21-8-11-30(7)23(28(21,5)10-9-22(25)32)20(31)16-18-19-17-27(4,24(33)34)13-12-26(19,3)14-15-29(18,30)6/h18-23,31-32H,8-17H2,1-7H3,(H,33,34)/t18?,19-,20?,21-,22+,23+,26+,27+,28-,29+,30+/m0/s1. The van der Waals surface area contributed by atoms with Crippen molar-refractivity contribution in [2.24, 2.45) is 56.2 Å². The first-order chi connectivity index (χ1) is 15.6. The van der Waals surface area contributed by atoms with E-state index in [9.17, 15) is 20.1 Å². The Labute approximate surface area is 207 Å². The molecule has 0 bridgehead atoms. The minimum atomic E-state index is -0.641. The molecule has 0 aliphatic heterocycles. The van der Waals surface area contributed by atoms with Crippen LogP contribution in [-0.4, -0.2) is 33.5 Å². The highest BCUT2D eigenvalue weighted by molar-refractivity contribution is 5.74. The summed E-state index contributed by atoms with van der Waals surface area (Å²) in [4.78, 5) is 12.3. The molecular formula is C30H50O4. The molecule has 5 rings (SSSR count). The number of rotatable bonds is 1. The van der Waals surface area contributed by atoms with Gasteiger partial charge in [-0.05, 0) is 122 Å². The lowest BCUT2D eigenvalue weighted by atomic mass is 9.31. The van der Waals surface area contributed by atoms with Gasteiger partial charge in [0.1, 0.15) is 0 Å². The fourth-order valence-electron chi connectivity index (χ4n) is 11.4. The molecule has 3 N–H and O–H groups in total. The van der Waals surface area contributed by atoms with Gasteiger partial charge in [0.25, 0.3) is 0 Å². The molecule has 0 radical (unpaired) electrons. The van der Waals surface area contributed by atoms with Crippen LogP contribution in [0.2, 0.25) is 0 Å². The summed E-state index contributed by atoms with van der Waals surface area (Å²) in [6, 6.07) is 0. The second-order valence-electron chi connectivity index (χ2n) is 15.5. The zero-order valence-corrected chi connectivity index (χ0v) is 22.8. The van der Waals surface area contributed by atoms with E-state index in [0.717, 1.165) is 51.4 Å². The Balaban J connectivity index is 1.56. The molecule has 0 amide bonds. The van der Waals surface area contributed by atoms with E-state index in [1.807, 2.05) is 6.92 Å². The minimum Gasteiger partial charge on any atom is -0.481 e. The highest BCUT2D eigenvalue weighted by atomic mass is 16.4. The lowest BCUT2D eigenvalue weighted by Gasteiger charge is -2.74. The summed E-state index contributed by atoms with van der Waals surface area (Å²) in [5.41, 5.74) is -0.378. The average molecular weight is 475 g/mol. The third-order valence-corrected chi connectivity index (χ3v) is 13.9. The zero-order valence-electron chi connectivity index (χ0n) is 22.8. The van der Waals surface area contributed by atoms with Gasteiger partial charge in [0.2, 0.25) is 0 Å². The highest BCUT2D eigenvalue weighted by Crippen LogP contribution is 2.76. The molecule has 2 unspecified atom stereocenters. The molecule has 5 saturated carbocycles. The quantitative estimate of drug-likeness (QED) is 0.418. The molecule has 4 heteroatoms. The first kappa shape index (κ1) is 25.1. The van der Waals surface area contributed by atoms with Gasteiger partial charge in [-0.2, -0.15) is 0 Å². The fourth-order valence-corrected chi connectivity index (χ4v) is 11.4. The Morgan fingerprint density at radius 1 is 0.765 bits per heavy atom. The number of carboxylic acid groups (broad SMARTS) is 1. The van der Waals surface area contributed by atoms with Crippen molar-refractivity contribution < 1.29 is 20.1 Å². The van der Waals surface area contributed by atoms with E-state index >= 15 is 0 Å². The number of carboxylic acids is 1. The van der Waals surface area contributed by atoms with Crippen molar-refractivity contribution in [1.82, 2.24) is 0 Å². The van der Waals surface area contributed by atoms with Crippen LogP contribution in [0.1, 0.15) is 113 Å². The molecule has 0 saturated heterocycles. The molecule has 194 valence electrons. The third kappa shape index (κ3) is 2.93. The van der Waals surface area contributed by atoms with Crippen molar-refractivity contribution in [3.63, 3.8) is 0 Å². The molecular weight excluding hydrogens is 424 g/mol. The van der Waals surface area contributed by atoms with Crippen molar-refractivity contribution in [3.8, 4) is 0 Å². The molecule has 0 aromatic rings. The van der Waals surface area contributed by atoms with E-state index in [1.165, 1.54) is 12.8 Å². The van der Waals surface area contributed by atoms with Crippen molar-refractivity contribution in [2.75, 3.05) is 0 Å². The summed E-state index contributed by atoms with van der Waals surface area (Å²) in [6.45, 7) is 16.3. The van der Waals surface area contributed by atoms with Gasteiger partial charge >= 0.3 is 5.97 Å². The largest absolute Gasteiger partial charge is 0.481 e. The maximum Gasteiger partial charge on any atom is 0.309 e. The Hall–Kier alpha value is -0.610. The smallest absolute Gasteiger partial charge is 0.309 e. The van der Waals surface area contributed by atoms with Crippen LogP contribution in [0.15, 0.2) is 0 Å². The molecule has 5 fully saturated rings. The highest BCUT2D eigenvalue weighted by Gasteiger charge is 2.71. The van der Waals surface area contributed by atoms with Gasteiger partial charge in [-0.25, -0.2) is 0 Å². The van der Waals surface area contributed by atoms with E-state index in [-0.39, 0.29) is 45.2 Å². The van der Waals surface area contributed by atoms with Gasteiger partial charge in [-0.1, -0.05) is 41.5 Å². The van der Waals surface area contributed by atoms with Gasteiger partial charge in [-0.15, -0.1) is 0 Å². The van der Waals surface area contributed by atoms with Crippen LogP contribution in [0, 0.1) is 56.2 Å². The predicted molar refractivity (Wildman–Crippen MR) is 134 cm³/mol. The average Bonchev–Trinajstić information content (AvgIpc) is 2.73. The van der Waals surface area contributed by atoms with Gasteiger partial charge in [0.15, 0.2) is 0 Å². The van der Waals surface area contributed by atoms with Crippen LogP contribution in [0.25, 0.3) is 0 Å². The number of carbonyl (C=O) groups is 1. The molecule has 0 aromatic carbocycles. The number of hydrogen-bond donors (Lipinski definition) is 3. The maximum atomic E-state index is 12.3. The molecule has 5 aliphatic rings. The Kier molecular flexibility index (Phi) is 5.34. The van der Waals surface area contributed by atoms with E-state index < -0.39 is 11.4 Å². The van der Waals surface area contributed by atoms with E-state index in [4.69, 9.17) is 0 Å². The molecule has 0 aromatic heterocycles. The van der Waals surface area contributed by atoms with Crippen LogP contribution in [-0.2, 0) is 4.79 Å². The molecule has 4 nitrogen and oxygen atoms in total. The Morgan fingerprint density at radius 3 is 2.06 bits per heavy atom. The van der Waals surface area contributed by atoms with Gasteiger partial charge in [0, 0.05) is 0 Å². The summed E-state index contributed by atoms with van der Waals surface area (Å²) >= 11 is 0. The Bertz CT molecular complexity index is 868. The number of aliphatic hydroxyl groups is 2. The number of hydrogen-bond acceptors (Lipinski definition) is 3. The molecule has 5 aliphatic carbocycles. The summed E-state index contributed by atoms with van der Waals surface area (Å²) in [5.74, 6) is 0.770. The van der Waals surface area contributed by atoms with Crippen LogP contribution >= 0.6 is 0 Å². The molecule has 34 heavy (non-hydrogen) atoms. The lowest BCUT2D eigenvalue weighted by molar-refractivity contribution is -0.281. The second-order valence-corrected chi connectivity index (χ2v) is 15.5. The van der Waals surface area contributed by atoms with Crippen molar-refractivity contribution in [2.45, 2.75) is 125 Å². The fraction of sp³-hybridized carbons (Fsp3) is 0.967. The Morgan fingerprint density at radius 2 is 1.41 bits per heavy atom. The van der Waals surface area contributed by atoms with Crippen molar-refractivity contribution >= 4 is 5.97 Å². The summed E-state index contributed by atoms with van der Waals surface area (Å²) in [7, 11) is 0. The third-order valence-electron chi connectivity index (χ3n) is 13.9. The molecule has 11 atom stereocenters. The zero-order chi connectivity index (χ0) is 25.1. The van der Waals surface area contributed by atoms with Gasteiger partial charge in [0.05, 0.1) is 17.6 Å². The first-order valence-corrected chi connectivity index (χ1v) is 14.1. The van der Waals surface area contributed by atoms with Crippen molar-refractivity contribution in [1.29, 1.82) is 0 Å². The minimum absolute atomic E-state index is 0.0338. The van der Waals surface area contributed by atoms with Gasteiger partial charge in [-0.3, -0.25) is 4.79 Å². The number of aliphatic hydroxyl groups excluding tert-OH is 2. The van der Waals surface area contributed by atoms with E-state index in [1.54, 1.807) is 0 Å². The lowest BCUT2D eigenvalue weighted by Crippen LogP contribution is -2.70. The normalized spacial score (nSPS) is 58.6. The predicted octanol–water partition coefficient (Wildman–Crippen LogP) is 6.28. The van der Waals surface area contributed by atoms with E-state index in [2.05, 4.69) is 41.5 Å². The second kappa shape index (κ2) is 7.24. The van der Waals surface area contributed by atoms with Crippen LogP contribution < -0.4 is 0 Å². The summed E-state index contributed by atoms with van der Waals surface area (Å²) in [6.07, 6.45) is 9.18. The molecule has 0 heterocycles. The molecule has 0 spiro atoms. The van der Waals surface area contributed by atoms with Crippen LogP contribution in [0.4, 0.5) is 0 Å². The van der Waals surface area contributed by atoms with Crippen LogP contribution in [0.3, 0.4) is 0 Å². The summed E-state index contributed by atoms with van der Waals surface area (Å²) in [5, 5.41) is 33.0. The van der Waals surface area contributed by atoms with E-state index in [0.29, 0.717) is 17.8 Å². The summed E-state index contributed by atoms with van der Waals surface area (Å²) < 4.78 is 0. The maximum absolute atomic E-state index is 12.3. The monoisotopic (exact) mass is 474 g/mol. The SMILES string of the molecule is CC1(C)[C@H](O)CC[C@]2(C)[C@H]3C(O)CC4[C@@H]5C[C@](C)(C(=O)O)CC[C@]5(C)CC[C@@]4(C)[C@]3(C)CC[C@@H]12. The number of aliphatic carboxylic acids is 1. The first-order valence-electron chi connectivity index (χ1n) is 14.1. The van der Waals surface area contributed by atoms with Crippen LogP contribution in [0.5, 0.6) is 0 Å². The topological polar surface area (TPSA) is 77.8 Å². The van der Waals surface area contributed by atoms with Crippen molar-refractivity contribution in [3.05, 3.63) is 0 Å². The number of fused-ring (bicyclic) bond motifs is 7.